The predicted molar refractivity (Wildman–Crippen MR) is 60.0 cm³/mol. The lowest BCUT2D eigenvalue weighted by molar-refractivity contribution is -0.143. The summed E-state index contributed by atoms with van der Waals surface area (Å²) in [5.41, 5.74) is 1.25. The molecule has 0 spiro atoms. The molecule has 1 saturated carbocycles. The van der Waals surface area contributed by atoms with Gasteiger partial charge in [-0.3, -0.25) is 4.79 Å². The van der Waals surface area contributed by atoms with Crippen LogP contribution in [-0.2, 0) is 18.3 Å². The highest BCUT2D eigenvalue weighted by Gasteiger charge is 2.26. The number of nitrogens with zero attached hydrogens (tertiary/aromatic N) is 2. The molecule has 1 heterocycles. The maximum absolute atomic E-state index is 10.8. The Balaban J connectivity index is 1.86. The molecule has 1 aliphatic rings. The zero-order valence-corrected chi connectivity index (χ0v) is 9.59. The van der Waals surface area contributed by atoms with Crippen molar-refractivity contribution < 1.29 is 9.90 Å². The quantitative estimate of drug-likeness (QED) is 0.849. The van der Waals surface area contributed by atoms with Gasteiger partial charge in [0, 0.05) is 18.9 Å². The van der Waals surface area contributed by atoms with Crippen LogP contribution in [0.2, 0.25) is 0 Å². The number of carbonyl (C=O) groups is 1. The molecule has 1 fully saturated rings. The number of hydrogen-bond donors (Lipinski definition) is 1. The molecule has 2 rings (SSSR count). The summed E-state index contributed by atoms with van der Waals surface area (Å²) in [5, 5.41) is 8.91. The summed E-state index contributed by atoms with van der Waals surface area (Å²) < 4.78 is 2.04. The van der Waals surface area contributed by atoms with E-state index in [1.807, 2.05) is 24.1 Å². The second kappa shape index (κ2) is 4.68. The van der Waals surface area contributed by atoms with E-state index < -0.39 is 5.97 Å². The van der Waals surface area contributed by atoms with E-state index in [0.29, 0.717) is 5.92 Å². The van der Waals surface area contributed by atoms with Crippen molar-refractivity contribution in [2.24, 2.45) is 18.9 Å². The molecule has 0 unspecified atom stereocenters. The monoisotopic (exact) mass is 222 g/mol. The molecular weight excluding hydrogens is 204 g/mol. The van der Waals surface area contributed by atoms with E-state index in [4.69, 9.17) is 5.11 Å². The van der Waals surface area contributed by atoms with E-state index in [2.05, 4.69) is 4.98 Å². The van der Waals surface area contributed by atoms with Crippen molar-refractivity contribution in [2.75, 3.05) is 0 Å². The Morgan fingerprint density at radius 3 is 2.69 bits per heavy atom. The summed E-state index contributed by atoms with van der Waals surface area (Å²) in [6.07, 6.45) is 8.48. The van der Waals surface area contributed by atoms with E-state index in [1.54, 1.807) is 0 Å². The van der Waals surface area contributed by atoms with E-state index in [-0.39, 0.29) is 5.92 Å². The van der Waals surface area contributed by atoms with Gasteiger partial charge in [-0.15, -0.1) is 0 Å². The van der Waals surface area contributed by atoms with Gasteiger partial charge in [0.1, 0.15) is 0 Å². The molecular formula is C12H18N2O2. The third-order valence-electron chi connectivity index (χ3n) is 3.61. The first-order valence-electron chi connectivity index (χ1n) is 5.85. The molecule has 1 aliphatic carbocycles. The highest BCUT2D eigenvalue weighted by molar-refractivity contribution is 5.69. The lowest BCUT2D eigenvalue weighted by Crippen LogP contribution is -2.22. The second-order valence-corrected chi connectivity index (χ2v) is 4.76. The van der Waals surface area contributed by atoms with Gasteiger partial charge in [-0.25, -0.2) is 4.98 Å². The molecule has 16 heavy (non-hydrogen) atoms. The summed E-state index contributed by atoms with van der Waals surface area (Å²) in [6, 6.07) is 0. The molecule has 0 saturated heterocycles. The Morgan fingerprint density at radius 1 is 1.50 bits per heavy atom. The fraction of sp³-hybridized carbons (Fsp3) is 0.667. The lowest BCUT2D eigenvalue weighted by Gasteiger charge is -2.25. The second-order valence-electron chi connectivity index (χ2n) is 4.76. The van der Waals surface area contributed by atoms with Crippen LogP contribution in [0.4, 0.5) is 0 Å². The molecule has 0 atom stereocenters. The summed E-state index contributed by atoms with van der Waals surface area (Å²) in [7, 11) is 2.01. The van der Waals surface area contributed by atoms with Gasteiger partial charge in [-0.2, -0.15) is 0 Å². The van der Waals surface area contributed by atoms with Crippen molar-refractivity contribution in [2.45, 2.75) is 32.1 Å². The minimum absolute atomic E-state index is 0.109. The number of hydrogen-bond acceptors (Lipinski definition) is 2. The Kier molecular flexibility index (Phi) is 3.27. The average Bonchev–Trinajstić information content (AvgIpc) is 2.65. The predicted octanol–water partition coefficient (Wildman–Crippen LogP) is 1.85. The third kappa shape index (κ3) is 2.43. The largest absolute Gasteiger partial charge is 0.481 e. The first kappa shape index (κ1) is 11.2. The minimum Gasteiger partial charge on any atom is -0.481 e. The van der Waals surface area contributed by atoms with Gasteiger partial charge in [0.2, 0.25) is 0 Å². The van der Waals surface area contributed by atoms with E-state index in [9.17, 15) is 4.79 Å². The van der Waals surface area contributed by atoms with Gasteiger partial charge in [-0.05, 0) is 38.0 Å². The molecule has 0 aliphatic heterocycles. The van der Waals surface area contributed by atoms with Gasteiger partial charge in [0.15, 0.2) is 0 Å². The van der Waals surface area contributed by atoms with Crippen molar-refractivity contribution >= 4 is 5.97 Å². The third-order valence-corrected chi connectivity index (χ3v) is 3.61. The average molecular weight is 222 g/mol. The molecule has 4 heteroatoms. The molecule has 0 aromatic carbocycles. The van der Waals surface area contributed by atoms with E-state index >= 15 is 0 Å². The number of aryl methyl sites for hydroxylation is 1. The molecule has 1 N–H and O–H groups in total. The van der Waals surface area contributed by atoms with Crippen LogP contribution < -0.4 is 0 Å². The fourth-order valence-electron chi connectivity index (χ4n) is 2.49. The summed E-state index contributed by atoms with van der Waals surface area (Å²) in [4.78, 5) is 14.9. The molecule has 4 nitrogen and oxygen atoms in total. The number of carboxylic acid groups (broad SMARTS) is 1. The van der Waals surface area contributed by atoms with Crippen molar-refractivity contribution in [3.8, 4) is 0 Å². The first-order valence-corrected chi connectivity index (χ1v) is 5.85. The Labute approximate surface area is 95.3 Å². The SMILES string of the molecule is Cn1cncc1CC1CCC(C(=O)O)CC1. The van der Waals surface area contributed by atoms with Crippen LogP contribution in [-0.4, -0.2) is 20.6 Å². The molecule has 0 radical (unpaired) electrons. The maximum atomic E-state index is 10.8. The first-order chi connectivity index (χ1) is 7.66. The Hall–Kier alpha value is -1.32. The number of aliphatic carboxylic acids is 1. The van der Waals surface area contributed by atoms with Gasteiger partial charge >= 0.3 is 5.97 Å². The van der Waals surface area contributed by atoms with Gasteiger partial charge in [0.05, 0.1) is 12.2 Å². The summed E-state index contributed by atoms with van der Waals surface area (Å²) in [6.45, 7) is 0. The van der Waals surface area contributed by atoms with E-state index in [0.717, 1.165) is 32.1 Å². The fourth-order valence-corrected chi connectivity index (χ4v) is 2.49. The normalized spacial score (nSPS) is 25.6. The zero-order valence-electron chi connectivity index (χ0n) is 9.59. The molecule has 0 bridgehead atoms. The lowest BCUT2D eigenvalue weighted by atomic mass is 9.80. The Bertz CT molecular complexity index is 365. The van der Waals surface area contributed by atoms with Crippen LogP contribution in [0.15, 0.2) is 12.5 Å². The number of imidazole rings is 1. The van der Waals surface area contributed by atoms with Crippen molar-refractivity contribution in [1.29, 1.82) is 0 Å². The molecule has 0 amide bonds. The van der Waals surface area contributed by atoms with Crippen molar-refractivity contribution in [3.05, 3.63) is 18.2 Å². The van der Waals surface area contributed by atoms with Crippen LogP contribution >= 0.6 is 0 Å². The van der Waals surface area contributed by atoms with Crippen LogP contribution in [0.5, 0.6) is 0 Å². The topological polar surface area (TPSA) is 55.1 Å². The van der Waals surface area contributed by atoms with E-state index in [1.165, 1.54) is 5.69 Å². The summed E-state index contributed by atoms with van der Waals surface area (Å²) >= 11 is 0. The van der Waals surface area contributed by atoms with Crippen molar-refractivity contribution in [3.63, 3.8) is 0 Å². The standard InChI is InChI=1S/C12H18N2O2/c1-14-8-13-7-11(14)6-9-2-4-10(5-3-9)12(15)16/h7-10H,2-6H2,1H3,(H,15,16). The molecule has 88 valence electrons. The van der Waals surface area contributed by atoms with Crippen LogP contribution in [0, 0.1) is 11.8 Å². The van der Waals surface area contributed by atoms with Crippen LogP contribution in [0.1, 0.15) is 31.4 Å². The number of aromatic nitrogens is 2. The van der Waals surface area contributed by atoms with Crippen molar-refractivity contribution in [1.82, 2.24) is 9.55 Å². The molecule has 1 aromatic rings. The highest BCUT2D eigenvalue weighted by Crippen LogP contribution is 2.30. The minimum atomic E-state index is -0.626. The zero-order chi connectivity index (χ0) is 11.5. The number of rotatable bonds is 3. The van der Waals surface area contributed by atoms with Gasteiger partial charge in [0.25, 0.3) is 0 Å². The molecule has 1 aromatic heterocycles. The highest BCUT2D eigenvalue weighted by atomic mass is 16.4. The van der Waals surface area contributed by atoms with Gasteiger partial charge < -0.3 is 9.67 Å². The summed E-state index contributed by atoms with van der Waals surface area (Å²) in [5.74, 6) is -0.104. The van der Waals surface area contributed by atoms with Gasteiger partial charge in [-0.1, -0.05) is 0 Å². The number of carboxylic acids is 1. The van der Waals surface area contributed by atoms with Crippen LogP contribution in [0.3, 0.4) is 0 Å². The smallest absolute Gasteiger partial charge is 0.306 e. The Morgan fingerprint density at radius 2 is 2.19 bits per heavy atom. The maximum Gasteiger partial charge on any atom is 0.306 e. The van der Waals surface area contributed by atoms with Crippen LogP contribution in [0.25, 0.3) is 0 Å².